The predicted octanol–water partition coefficient (Wildman–Crippen LogP) is 6.21. The Kier molecular flexibility index (Phi) is 5.09. The number of allylic oxidation sites excluding steroid dienone is 4. The number of fused-ring (bicyclic) bond motifs is 3. The molecule has 128 valence electrons. The molecule has 0 aromatic heterocycles. The fourth-order valence-electron chi connectivity index (χ4n) is 5.18. The minimum atomic E-state index is -1.15. The zero-order valence-electron chi connectivity index (χ0n) is 14.9. The molecule has 0 heterocycles. The van der Waals surface area contributed by atoms with Crippen LogP contribution in [0.25, 0.3) is 0 Å². The molecular formula is C19H30NO2P. The van der Waals surface area contributed by atoms with Crippen LogP contribution in [-0.4, -0.2) is 12.8 Å². The molecule has 23 heavy (non-hydrogen) atoms. The van der Waals surface area contributed by atoms with E-state index in [-0.39, 0.29) is 6.10 Å². The van der Waals surface area contributed by atoms with E-state index in [2.05, 4.69) is 37.9 Å². The maximum atomic E-state index is 10.8. The van der Waals surface area contributed by atoms with Crippen LogP contribution in [0.4, 0.5) is 0 Å². The molecule has 5 atom stereocenters. The van der Waals surface area contributed by atoms with Crippen molar-refractivity contribution < 1.29 is 4.52 Å². The smallest absolute Gasteiger partial charge is 0.198 e. The van der Waals surface area contributed by atoms with Gasteiger partial charge in [0, 0.05) is 6.66 Å². The first-order valence-corrected chi connectivity index (χ1v) is 10.8. The molecule has 4 heteroatoms. The average Bonchev–Trinajstić information content (AvgIpc) is 2.54. The lowest BCUT2D eigenvalue weighted by atomic mass is 9.52. The van der Waals surface area contributed by atoms with Gasteiger partial charge >= 0.3 is 0 Å². The van der Waals surface area contributed by atoms with Gasteiger partial charge in [0.15, 0.2) is 8.30 Å². The standard InChI is InChI=1S/C19H30NO2P/c1-13(2)14-7-9-16-15(12-14)8-10-17-18(22-23(4)20-21)6-5-11-19(16,17)3/h8,12-13,16-18H,5-7,9-11H2,1-4H3. The van der Waals surface area contributed by atoms with Crippen molar-refractivity contribution in [2.45, 2.75) is 65.4 Å². The minimum absolute atomic E-state index is 0.218. The lowest BCUT2D eigenvalue weighted by molar-refractivity contribution is -0.0327. The van der Waals surface area contributed by atoms with Crippen LogP contribution >= 0.6 is 8.30 Å². The molecular weight excluding hydrogens is 305 g/mol. The second-order valence-electron chi connectivity index (χ2n) is 8.10. The summed E-state index contributed by atoms with van der Waals surface area (Å²) in [5, 5.41) is 0. The van der Waals surface area contributed by atoms with E-state index in [4.69, 9.17) is 4.52 Å². The van der Waals surface area contributed by atoms with Crippen LogP contribution in [-0.2, 0) is 4.52 Å². The van der Waals surface area contributed by atoms with Gasteiger partial charge in [0.05, 0.1) is 6.10 Å². The highest BCUT2D eigenvalue weighted by molar-refractivity contribution is 7.50. The van der Waals surface area contributed by atoms with Gasteiger partial charge < -0.3 is 4.52 Å². The van der Waals surface area contributed by atoms with Gasteiger partial charge in [0.2, 0.25) is 0 Å². The van der Waals surface area contributed by atoms with Crippen LogP contribution < -0.4 is 0 Å². The first-order valence-electron chi connectivity index (χ1n) is 9.10. The second kappa shape index (κ2) is 6.76. The van der Waals surface area contributed by atoms with Crippen molar-refractivity contribution in [1.82, 2.24) is 0 Å². The van der Waals surface area contributed by atoms with Gasteiger partial charge in [-0.1, -0.05) is 44.9 Å². The van der Waals surface area contributed by atoms with E-state index in [1.54, 1.807) is 11.1 Å². The lowest BCUT2D eigenvalue weighted by Gasteiger charge is -2.54. The summed E-state index contributed by atoms with van der Waals surface area (Å²) >= 11 is 0. The van der Waals surface area contributed by atoms with Gasteiger partial charge in [-0.3, -0.25) is 0 Å². The van der Waals surface area contributed by atoms with E-state index in [9.17, 15) is 4.91 Å². The minimum Gasteiger partial charge on any atom is -0.332 e. The molecule has 0 spiro atoms. The summed E-state index contributed by atoms with van der Waals surface area (Å²) in [6.07, 6.45) is 12.4. The van der Waals surface area contributed by atoms with Crippen molar-refractivity contribution >= 4 is 8.30 Å². The van der Waals surface area contributed by atoms with Gasteiger partial charge in [-0.25, -0.2) is 0 Å². The predicted molar refractivity (Wildman–Crippen MR) is 97.3 cm³/mol. The Morgan fingerprint density at radius 2 is 2.17 bits per heavy atom. The summed E-state index contributed by atoms with van der Waals surface area (Å²) in [5.74, 6) is 1.88. The fourth-order valence-corrected chi connectivity index (χ4v) is 5.87. The third kappa shape index (κ3) is 3.20. The number of hydrogen-bond acceptors (Lipinski definition) is 3. The van der Waals surface area contributed by atoms with Crippen molar-refractivity contribution in [2.75, 3.05) is 6.66 Å². The van der Waals surface area contributed by atoms with Gasteiger partial charge in [-0.2, -0.15) is 0 Å². The molecule has 0 aromatic rings. The Hall–Kier alpha value is -0.530. The number of hydrogen-bond donors (Lipinski definition) is 0. The highest BCUT2D eigenvalue weighted by atomic mass is 31.2. The third-order valence-corrected chi connectivity index (χ3v) is 7.33. The van der Waals surface area contributed by atoms with E-state index in [0.29, 0.717) is 23.2 Å². The summed E-state index contributed by atoms with van der Waals surface area (Å²) < 4.78 is 6.06. The van der Waals surface area contributed by atoms with Crippen LogP contribution in [0.3, 0.4) is 0 Å². The van der Waals surface area contributed by atoms with Gasteiger partial charge in [-0.15, -0.1) is 4.91 Å². The first kappa shape index (κ1) is 17.3. The summed E-state index contributed by atoms with van der Waals surface area (Å²) in [4.78, 5) is 13.9. The first-order chi connectivity index (χ1) is 11.0. The van der Waals surface area contributed by atoms with E-state index < -0.39 is 8.30 Å². The van der Waals surface area contributed by atoms with E-state index >= 15 is 0 Å². The molecule has 0 amide bonds. The Labute approximate surface area is 141 Å². The van der Waals surface area contributed by atoms with E-state index in [1.165, 1.54) is 25.7 Å². The van der Waals surface area contributed by atoms with Crippen molar-refractivity contribution in [3.8, 4) is 0 Å². The van der Waals surface area contributed by atoms with Crippen molar-refractivity contribution in [3.05, 3.63) is 28.2 Å². The van der Waals surface area contributed by atoms with Crippen LogP contribution in [0.5, 0.6) is 0 Å². The number of nitrogens with zero attached hydrogens (tertiary/aromatic N) is 1. The molecule has 0 saturated heterocycles. The normalized spacial score (nSPS) is 38.2. The quantitative estimate of drug-likeness (QED) is 0.452. The molecule has 3 aliphatic rings. The molecule has 3 rings (SSSR count). The highest BCUT2D eigenvalue weighted by Gasteiger charge is 2.50. The van der Waals surface area contributed by atoms with Crippen molar-refractivity contribution in [1.29, 1.82) is 0 Å². The Morgan fingerprint density at radius 1 is 1.39 bits per heavy atom. The van der Waals surface area contributed by atoms with E-state index in [1.807, 2.05) is 6.66 Å². The maximum absolute atomic E-state index is 10.8. The van der Waals surface area contributed by atoms with Gasteiger partial charge in [-0.05, 0) is 65.8 Å². The fraction of sp³-hybridized carbons (Fsp3) is 0.789. The monoisotopic (exact) mass is 335 g/mol. The Morgan fingerprint density at radius 3 is 2.87 bits per heavy atom. The van der Waals surface area contributed by atoms with Crippen LogP contribution in [0.15, 0.2) is 28.2 Å². The lowest BCUT2D eigenvalue weighted by Crippen LogP contribution is -2.48. The largest absolute Gasteiger partial charge is 0.332 e. The van der Waals surface area contributed by atoms with Crippen molar-refractivity contribution in [3.63, 3.8) is 0 Å². The molecule has 1 fully saturated rings. The van der Waals surface area contributed by atoms with Crippen LogP contribution in [0.1, 0.15) is 59.3 Å². The molecule has 0 N–H and O–H groups in total. The van der Waals surface area contributed by atoms with Crippen molar-refractivity contribution in [2.24, 2.45) is 28.1 Å². The van der Waals surface area contributed by atoms with Crippen LogP contribution in [0.2, 0.25) is 0 Å². The zero-order valence-corrected chi connectivity index (χ0v) is 15.8. The topological polar surface area (TPSA) is 38.7 Å². The molecule has 0 bridgehead atoms. The molecule has 1 saturated carbocycles. The summed E-state index contributed by atoms with van der Waals surface area (Å²) in [7, 11) is -1.15. The van der Waals surface area contributed by atoms with Crippen LogP contribution in [0, 0.1) is 28.1 Å². The molecule has 0 aliphatic heterocycles. The third-order valence-electron chi connectivity index (χ3n) is 6.52. The molecule has 3 nitrogen and oxygen atoms in total. The SMILES string of the molecule is CC(C)C1=CC2=CCC3C(OP(C)N=O)CCCC3(C)C2CC1. The summed E-state index contributed by atoms with van der Waals surface area (Å²) in [6.45, 7) is 8.92. The number of nitroso groups, excluding NO2 is 1. The van der Waals surface area contributed by atoms with E-state index in [0.717, 1.165) is 12.8 Å². The Balaban J connectivity index is 1.86. The molecule has 3 aliphatic carbocycles. The molecule has 0 radical (unpaired) electrons. The Bertz CT molecular complexity index is 527. The summed E-state index contributed by atoms with van der Waals surface area (Å²) in [6, 6.07) is 0. The maximum Gasteiger partial charge on any atom is 0.198 e. The zero-order chi connectivity index (χ0) is 16.6. The highest BCUT2D eigenvalue weighted by Crippen LogP contribution is 2.58. The molecule has 0 aromatic carbocycles. The average molecular weight is 335 g/mol. The summed E-state index contributed by atoms with van der Waals surface area (Å²) in [5.41, 5.74) is 3.51. The van der Waals surface area contributed by atoms with Gasteiger partial charge in [0.25, 0.3) is 0 Å². The number of rotatable bonds is 4. The molecule has 5 unspecified atom stereocenters. The second-order valence-corrected chi connectivity index (χ2v) is 9.40. The van der Waals surface area contributed by atoms with Gasteiger partial charge in [0.1, 0.15) is 0 Å².